The molecular weight excluding hydrogens is 403 g/mol. The molecule has 0 bridgehead atoms. The Hall–Kier alpha value is -3.68. The van der Waals surface area contributed by atoms with Crippen molar-refractivity contribution in [2.75, 3.05) is 7.11 Å². The third-order valence-corrected chi connectivity index (χ3v) is 4.34. The van der Waals surface area contributed by atoms with Gasteiger partial charge in [-0.2, -0.15) is 0 Å². The fraction of sp³-hybridized carbons (Fsp3) is 0.261. The van der Waals surface area contributed by atoms with Gasteiger partial charge in [-0.3, -0.25) is 9.59 Å². The van der Waals surface area contributed by atoms with Crippen LogP contribution in [-0.2, 0) is 9.59 Å². The van der Waals surface area contributed by atoms with Crippen molar-refractivity contribution in [3.05, 3.63) is 71.2 Å². The second-order valence-electron chi connectivity index (χ2n) is 7.29. The Bertz CT molecular complexity index is 953. The van der Waals surface area contributed by atoms with Crippen molar-refractivity contribution < 1.29 is 28.6 Å². The fourth-order valence-corrected chi connectivity index (χ4v) is 2.75. The topological polar surface area (TPSA) is 105 Å². The van der Waals surface area contributed by atoms with Crippen molar-refractivity contribution in [3.8, 4) is 5.75 Å². The summed E-state index contributed by atoms with van der Waals surface area (Å²) in [4.78, 5) is 37.0. The number of carbonyl (C=O) groups excluding carboxylic acids is 2. The largest absolute Gasteiger partial charge is 0.497 e. The minimum atomic E-state index is -1.18. The summed E-state index contributed by atoms with van der Waals surface area (Å²) in [7, 11) is 1.50. The van der Waals surface area contributed by atoms with Crippen molar-refractivity contribution in [2.24, 2.45) is 5.92 Å². The van der Waals surface area contributed by atoms with Crippen LogP contribution in [0.1, 0.15) is 36.2 Å². The van der Waals surface area contributed by atoms with E-state index in [2.05, 4.69) is 10.6 Å². The molecule has 0 saturated carbocycles. The number of carbonyl (C=O) groups is 3. The van der Waals surface area contributed by atoms with Gasteiger partial charge in [-0.05, 0) is 60.4 Å². The molecule has 0 aliphatic carbocycles. The Morgan fingerprint density at radius 2 is 1.68 bits per heavy atom. The van der Waals surface area contributed by atoms with Crippen LogP contribution in [0.25, 0.3) is 6.08 Å². The van der Waals surface area contributed by atoms with Crippen molar-refractivity contribution in [3.63, 3.8) is 0 Å². The predicted molar refractivity (Wildman–Crippen MR) is 114 cm³/mol. The van der Waals surface area contributed by atoms with Crippen LogP contribution in [0, 0.1) is 11.7 Å². The van der Waals surface area contributed by atoms with Crippen LogP contribution < -0.4 is 15.4 Å². The SMILES string of the molecule is COc1ccc(C(=O)N/C(=C/c2ccc(F)cc2)C(=O)N[C@@H](CC(C)C)C(=O)O)cc1. The number of hydrogen-bond donors (Lipinski definition) is 3. The standard InChI is InChI=1S/C23H25FN2O5/c1-14(2)12-20(23(29)30)26-22(28)19(13-15-4-8-17(24)9-5-15)25-21(27)16-6-10-18(31-3)11-7-16/h4-11,13-14,20H,12H2,1-3H3,(H,25,27)(H,26,28)(H,29,30)/b19-13+/t20-/m0/s1. The number of carboxylic acid groups (broad SMARTS) is 1. The molecule has 0 fully saturated rings. The van der Waals surface area contributed by atoms with Gasteiger partial charge in [0.25, 0.3) is 11.8 Å². The summed E-state index contributed by atoms with van der Waals surface area (Å²) < 4.78 is 18.3. The second kappa shape index (κ2) is 10.9. The average molecular weight is 428 g/mol. The van der Waals surface area contributed by atoms with Crippen molar-refractivity contribution >= 4 is 23.9 Å². The van der Waals surface area contributed by atoms with E-state index in [9.17, 15) is 23.9 Å². The Balaban J connectivity index is 2.30. The highest BCUT2D eigenvalue weighted by Crippen LogP contribution is 2.13. The minimum Gasteiger partial charge on any atom is -0.497 e. The summed E-state index contributed by atoms with van der Waals surface area (Å²) >= 11 is 0. The first-order chi connectivity index (χ1) is 14.7. The van der Waals surface area contributed by atoms with E-state index in [0.717, 1.165) is 0 Å². The van der Waals surface area contributed by atoms with Crippen LogP contribution in [0.2, 0.25) is 0 Å². The highest BCUT2D eigenvalue weighted by atomic mass is 19.1. The highest BCUT2D eigenvalue weighted by Gasteiger charge is 2.24. The maximum absolute atomic E-state index is 13.2. The lowest BCUT2D eigenvalue weighted by Crippen LogP contribution is -2.45. The van der Waals surface area contributed by atoms with Crippen LogP contribution >= 0.6 is 0 Å². The number of halogens is 1. The van der Waals surface area contributed by atoms with Crippen LogP contribution in [0.4, 0.5) is 4.39 Å². The van der Waals surface area contributed by atoms with E-state index in [4.69, 9.17) is 4.74 Å². The van der Waals surface area contributed by atoms with Gasteiger partial charge < -0.3 is 20.5 Å². The number of carboxylic acids is 1. The molecule has 0 radical (unpaired) electrons. The van der Waals surface area contributed by atoms with Gasteiger partial charge in [-0.1, -0.05) is 26.0 Å². The number of nitrogens with one attached hydrogen (secondary N) is 2. The molecule has 8 heteroatoms. The molecule has 2 aromatic carbocycles. The minimum absolute atomic E-state index is 0.0276. The van der Waals surface area contributed by atoms with Gasteiger partial charge in [0.05, 0.1) is 7.11 Å². The fourth-order valence-electron chi connectivity index (χ4n) is 2.75. The van der Waals surface area contributed by atoms with Gasteiger partial charge >= 0.3 is 5.97 Å². The molecule has 0 aromatic heterocycles. The van der Waals surface area contributed by atoms with E-state index >= 15 is 0 Å². The summed E-state index contributed by atoms with van der Waals surface area (Å²) in [5, 5.41) is 14.4. The van der Waals surface area contributed by atoms with Crippen LogP contribution in [0.15, 0.2) is 54.2 Å². The molecule has 164 valence electrons. The highest BCUT2D eigenvalue weighted by molar-refractivity contribution is 6.06. The predicted octanol–water partition coefficient (Wildman–Crippen LogP) is 3.22. The van der Waals surface area contributed by atoms with E-state index in [0.29, 0.717) is 11.3 Å². The molecule has 3 N–H and O–H groups in total. The lowest BCUT2D eigenvalue weighted by atomic mass is 10.0. The third-order valence-electron chi connectivity index (χ3n) is 4.34. The van der Waals surface area contributed by atoms with Crippen molar-refractivity contribution in [1.82, 2.24) is 10.6 Å². The van der Waals surface area contributed by atoms with Crippen LogP contribution in [-0.4, -0.2) is 36.0 Å². The quantitative estimate of drug-likeness (QED) is 0.532. The second-order valence-corrected chi connectivity index (χ2v) is 7.29. The molecule has 0 saturated heterocycles. The molecule has 2 aromatic rings. The van der Waals surface area contributed by atoms with E-state index < -0.39 is 29.6 Å². The average Bonchev–Trinajstić information content (AvgIpc) is 2.73. The Labute approximate surface area is 179 Å². The van der Waals surface area contributed by atoms with Gasteiger partial charge in [0.15, 0.2) is 0 Å². The number of aliphatic carboxylic acids is 1. The molecule has 7 nitrogen and oxygen atoms in total. The molecule has 0 heterocycles. The molecular formula is C23H25FN2O5. The number of rotatable bonds is 9. The van der Waals surface area contributed by atoms with Gasteiger partial charge in [-0.25, -0.2) is 9.18 Å². The van der Waals surface area contributed by atoms with E-state index in [-0.39, 0.29) is 23.6 Å². The van der Waals surface area contributed by atoms with Gasteiger partial charge in [0.2, 0.25) is 0 Å². The molecule has 0 unspecified atom stereocenters. The molecule has 31 heavy (non-hydrogen) atoms. The first-order valence-electron chi connectivity index (χ1n) is 9.66. The van der Waals surface area contributed by atoms with Crippen molar-refractivity contribution in [2.45, 2.75) is 26.3 Å². The van der Waals surface area contributed by atoms with Crippen molar-refractivity contribution in [1.29, 1.82) is 0 Å². The molecule has 0 aliphatic rings. The lowest BCUT2D eigenvalue weighted by molar-refractivity contribution is -0.141. The van der Waals surface area contributed by atoms with Gasteiger partial charge in [0.1, 0.15) is 23.3 Å². The number of ether oxygens (including phenoxy) is 1. The first kappa shape index (κ1) is 23.6. The van der Waals surface area contributed by atoms with E-state index in [1.54, 1.807) is 12.1 Å². The van der Waals surface area contributed by atoms with Crippen LogP contribution in [0.5, 0.6) is 5.75 Å². The van der Waals surface area contributed by atoms with E-state index in [1.807, 2.05) is 13.8 Å². The molecule has 0 spiro atoms. The molecule has 1 atom stereocenters. The number of methoxy groups -OCH3 is 1. The van der Waals surface area contributed by atoms with Gasteiger partial charge in [0, 0.05) is 5.56 Å². The Kier molecular flexibility index (Phi) is 8.31. The zero-order valence-electron chi connectivity index (χ0n) is 17.5. The van der Waals surface area contributed by atoms with E-state index in [1.165, 1.54) is 49.6 Å². The smallest absolute Gasteiger partial charge is 0.326 e. The Morgan fingerprint density at radius 1 is 1.06 bits per heavy atom. The maximum Gasteiger partial charge on any atom is 0.326 e. The number of amides is 2. The molecule has 2 amide bonds. The molecule has 0 aliphatic heterocycles. The zero-order valence-corrected chi connectivity index (χ0v) is 17.5. The summed E-state index contributed by atoms with van der Waals surface area (Å²) in [5.74, 6) is -2.37. The summed E-state index contributed by atoms with van der Waals surface area (Å²) in [6, 6.07) is 10.4. The van der Waals surface area contributed by atoms with Crippen LogP contribution in [0.3, 0.4) is 0 Å². The lowest BCUT2D eigenvalue weighted by Gasteiger charge is -2.18. The first-order valence-corrected chi connectivity index (χ1v) is 9.66. The zero-order chi connectivity index (χ0) is 23.0. The summed E-state index contributed by atoms with van der Waals surface area (Å²) in [6.45, 7) is 3.67. The summed E-state index contributed by atoms with van der Waals surface area (Å²) in [5.41, 5.74) is 0.565. The monoisotopic (exact) mass is 428 g/mol. The third kappa shape index (κ3) is 7.26. The normalized spacial score (nSPS) is 12.2. The Morgan fingerprint density at radius 3 is 2.19 bits per heavy atom. The summed E-state index contributed by atoms with van der Waals surface area (Å²) in [6.07, 6.45) is 1.57. The number of benzene rings is 2. The van der Waals surface area contributed by atoms with Gasteiger partial charge in [-0.15, -0.1) is 0 Å². The maximum atomic E-state index is 13.2. The molecule has 2 rings (SSSR count). The number of hydrogen-bond acceptors (Lipinski definition) is 4.